The van der Waals surface area contributed by atoms with Gasteiger partial charge in [-0.25, -0.2) is 0 Å². The van der Waals surface area contributed by atoms with E-state index in [0.29, 0.717) is 0 Å². The first kappa shape index (κ1) is 17.1. The first-order valence-electron chi connectivity index (χ1n) is 6.31. The number of nitrogens with zero attached hydrogens (tertiary/aromatic N) is 1. The lowest BCUT2D eigenvalue weighted by Crippen LogP contribution is -2.46. The molecule has 20 heavy (non-hydrogen) atoms. The summed E-state index contributed by atoms with van der Waals surface area (Å²) in [4.78, 5) is 2.18. The zero-order valence-corrected chi connectivity index (χ0v) is 11.8. The van der Waals surface area contributed by atoms with Gasteiger partial charge in [0.2, 0.25) is 0 Å². The summed E-state index contributed by atoms with van der Waals surface area (Å²) in [6.07, 6.45) is 0. The van der Waals surface area contributed by atoms with E-state index in [4.69, 9.17) is 0 Å². The predicted molar refractivity (Wildman–Crippen MR) is 74.6 cm³/mol. The van der Waals surface area contributed by atoms with Crippen LogP contribution in [0.15, 0.2) is 24.3 Å². The van der Waals surface area contributed by atoms with Gasteiger partial charge < -0.3 is 15.2 Å². The van der Waals surface area contributed by atoms with Crippen LogP contribution in [0.1, 0.15) is 11.6 Å². The Hall–Kier alpha value is -0.950. The highest BCUT2D eigenvalue weighted by molar-refractivity contribution is 5.85. The highest BCUT2D eigenvalue weighted by Gasteiger charge is 2.21. The third-order valence-electron chi connectivity index (χ3n) is 3.26. The first-order chi connectivity index (χ1) is 9.20. The maximum absolute atomic E-state index is 12.1. The van der Waals surface area contributed by atoms with E-state index in [0.717, 1.165) is 31.7 Å². The summed E-state index contributed by atoms with van der Waals surface area (Å²) in [6.45, 7) is 0.704. The topological polar surface area (TPSA) is 44.7 Å². The van der Waals surface area contributed by atoms with Crippen molar-refractivity contribution in [2.45, 2.75) is 12.7 Å². The summed E-state index contributed by atoms with van der Waals surface area (Å²) in [5, 5.41) is 12.8. The van der Waals surface area contributed by atoms with E-state index in [9.17, 15) is 13.9 Å². The molecule has 1 aromatic rings. The van der Waals surface area contributed by atoms with Crippen LogP contribution in [0, 0.1) is 0 Å². The van der Waals surface area contributed by atoms with Crippen molar-refractivity contribution in [1.82, 2.24) is 10.2 Å². The minimum atomic E-state index is -2.81. The number of nitrogens with one attached hydrogen (secondary N) is 1. The molecule has 0 saturated carbocycles. The van der Waals surface area contributed by atoms with Gasteiger partial charge in [0.1, 0.15) is 5.75 Å². The quantitative estimate of drug-likeness (QED) is 0.868. The lowest BCUT2D eigenvalue weighted by Gasteiger charge is -2.34. The van der Waals surface area contributed by atoms with Crippen LogP contribution in [0.4, 0.5) is 8.78 Å². The highest BCUT2D eigenvalue weighted by atomic mass is 35.5. The van der Waals surface area contributed by atoms with Gasteiger partial charge in [-0.3, -0.25) is 4.90 Å². The molecule has 0 amide bonds. The molecule has 0 bridgehead atoms. The summed E-state index contributed by atoms with van der Waals surface area (Å²) >= 11 is 0. The van der Waals surface area contributed by atoms with Crippen LogP contribution in [-0.4, -0.2) is 49.4 Å². The van der Waals surface area contributed by atoms with E-state index >= 15 is 0 Å². The SMILES string of the molecule is Cl.OC[C@@H](c1ccc(OC(F)F)cc1)N1CCNCC1. The number of halogens is 3. The standard InChI is InChI=1S/C13H18F2N2O2.ClH/c14-13(15)19-11-3-1-10(2-4-11)12(9-18)17-7-5-16-6-8-17;/h1-4,12-13,16,18H,5-9H2;1H/t12-;/m0./s1. The molecular formula is C13H19ClF2N2O2. The number of aliphatic hydroxyl groups is 1. The predicted octanol–water partition coefficient (Wildman–Crippen LogP) is 1.65. The maximum atomic E-state index is 12.1. The van der Waals surface area contributed by atoms with Gasteiger partial charge in [-0.2, -0.15) is 8.78 Å². The maximum Gasteiger partial charge on any atom is 0.387 e. The second-order valence-corrected chi connectivity index (χ2v) is 4.43. The monoisotopic (exact) mass is 308 g/mol. The number of alkyl halides is 2. The zero-order valence-electron chi connectivity index (χ0n) is 11.0. The molecule has 1 aliphatic heterocycles. The molecule has 2 N–H and O–H groups in total. The second-order valence-electron chi connectivity index (χ2n) is 4.43. The largest absolute Gasteiger partial charge is 0.435 e. The molecule has 1 aromatic carbocycles. The highest BCUT2D eigenvalue weighted by Crippen LogP contribution is 2.23. The van der Waals surface area contributed by atoms with Crippen molar-refractivity contribution >= 4 is 12.4 Å². The van der Waals surface area contributed by atoms with Crippen LogP contribution in [0.5, 0.6) is 5.75 Å². The summed E-state index contributed by atoms with van der Waals surface area (Å²) in [6, 6.07) is 6.36. The van der Waals surface area contributed by atoms with Gasteiger partial charge in [0.25, 0.3) is 0 Å². The number of piperazine rings is 1. The third kappa shape index (κ3) is 4.56. The number of aliphatic hydroxyl groups excluding tert-OH is 1. The smallest absolute Gasteiger partial charge is 0.387 e. The van der Waals surface area contributed by atoms with Crippen LogP contribution < -0.4 is 10.1 Å². The normalized spacial score (nSPS) is 17.6. The molecule has 1 atom stereocenters. The number of ether oxygens (including phenoxy) is 1. The van der Waals surface area contributed by atoms with Gasteiger partial charge in [0.15, 0.2) is 0 Å². The lowest BCUT2D eigenvalue weighted by atomic mass is 10.1. The van der Waals surface area contributed by atoms with Gasteiger partial charge in [0.05, 0.1) is 12.6 Å². The number of hydrogen-bond donors (Lipinski definition) is 2. The first-order valence-corrected chi connectivity index (χ1v) is 6.31. The summed E-state index contributed by atoms with van der Waals surface area (Å²) in [5.41, 5.74) is 0.908. The number of hydrogen-bond acceptors (Lipinski definition) is 4. The zero-order chi connectivity index (χ0) is 13.7. The minimum absolute atomic E-state index is 0. The van der Waals surface area contributed by atoms with Gasteiger partial charge in [-0.15, -0.1) is 12.4 Å². The molecule has 0 unspecified atom stereocenters. The van der Waals surface area contributed by atoms with Crippen LogP contribution >= 0.6 is 12.4 Å². The molecular weight excluding hydrogens is 290 g/mol. The van der Waals surface area contributed by atoms with Crippen molar-refractivity contribution in [3.05, 3.63) is 29.8 Å². The van der Waals surface area contributed by atoms with E-state index in [2.05, 4.69) is 15.0 Å². The Morgan fingerprint density at radius 3 is 2.30 bits per heavy atom. The summed E-state index contributed by atoms with van der Waals surface area (Å²) in [7, 11) is 0. The number of benzene rings is 1. The van der Waals surface area contributed by atoms with Gasteiger partial charge in [0, 0.05) is 26.2 Å². The molecule has 4 nitrogen and oxygen atoms in total. The van der Waals surface area contributed by atoms with Gasteiger partial charge >= 0.3 is 6.61 Å². The molecule has 1 heterocycles. The molecule has 1 saturated heterocycles. The average Bonchev–Trinajstić information content (AvgIpc) is 2.42. The number of rotatable bonds is 5. The minimum Gasteiger partial charge on any atom is -0.435 e. The van der Waals surface area contributed by atoms with E-state index in [-0.39, 0.29) is 30.8 Å². The van der Waals surface area contributed by atoms with Gasteiger partial charge in [-0.1, -0.05) is 12.1 Å². The molecule has 0 aromatic heterocycles. The molecule has 1 fully saturated rings. The Labute approximate surface area is 123 Å². The Balaban J connectivity index is 0.00000200. The Morgan fingerprint density at radius 2 is 1.80 bits per heavy atom. The summed E-state index contributed by atoms with van der Waals surface area (Å²) < 4.78 is 28.4. The molecule has 7 heteroatoms. The third-order valence-corrected chi connectivity index (χ3v) is 3.26. The molecule has 114 valence electrons. The van der Waals surface area contributed by atoms with Crippen LogP contribution in [0.25, 0.3) is 0 Å². The summed E-state index contributed by atoms with van der Waals surface area (Å²) in [5.74, 6) is 0.135. The van der Waals surface area contributed by atoms with E-state index in [1.807, 2.05) is 0 Å². The van der Waals surface area contributed by atoms with E-state index in [1.165, 1.54) is 12.1 Å². The van der Waals surface area contributed by atoms with Crippen LogP contribution in [0.2, 0.25) is 0 Å². The Bertz CT molecular complexity index is 386. The van der Waals surface area contributed by atoms with Crippen LogP contribution in [-0.2, 0) is 0 Å². The average molecular weight is 309 g/mol. The van der Waals surface area contributed by atoms with Crippen molar-refractivity contribution in [2.24, 2.45) is 0 Å². The molecule has 0 radical (unpaired) electrons. The fraction of sp³-hybridized carbons (Fsp3) is 0.538. The Morgan fingerprint density at radius 1 is 1.20 bits per heavy atom. The molecule has 0 spiro atoms. The van der Waals surface area contributed by atoms with Gasteiger partial charge in [-0.05, 0) is 17.7 Å². The lowest BCUT2D eigenvalue weighted by molar-refractivity contribution is -0.0498. The van der Waals surface area contributed by atoms with Crippen molar-refractivity contribution in [3.8, 4) is 5.75 Å². The fourth-order valence-electron chi connectivity index (χ4n) is 2.30. The van der Waals surface area contributed by atoms with Crippen molar-refractivity contribution in [2.75, 3.05) is 32.8 Å². The van der Waals surface area contributed by atoms with Crippen molar-refractivity contribution < 1.29 is 18.6 Å². The van der Waals surface area contributed by atoms with Crippen molar-refractivity contribution in [3.63, 3.8) is 0 Å². The molecule has 1 aliphatic rings. The Kier molecular flexibility index (Phi) is 7.15. The molecule has 2 rings (SSSR count). The van der Waals surface area contributed by atoms with Crippen molar-refractivity contribution in [1.29, 1.82) is 0 Å². The van der Waals surface area contributed by atoms with Crippen LogP contribution in [0.3, 0.4) is 0 Å². The van der Waals surface area contributed by atoms with E-state index < -0.39 is 6.61 Å². The molecule has 0 aliphatic carbocycles. The fourth-order valence-corrected chi connectivity index (χ4v) is 2.30. The van der Waals surface area contributed by atoms with E-state index in [1.54, 1.807) is 12.1 Å². The second kappa shape index (κ2) is 8.36.